The molecule has 0 aromatic heterocycles. The van der Waals surface area contributed by atoms with Crippen molar-refractivity contribution < 1.29 is 19.8 Å². The van der Waals surface area contributed by atoms with Crippen LogP contribution in [0.15, 0.2) is 12.2 Å². The molecule has 2 N–H and O–H groups in total. The summed E-state index contributed by atoms with van der Waals surface area (Å²) in [6, 6.07) is 0. The van der Waals surface area contributed by atoms with Crippen molar-refractivity contribution in [3.8, 4) is 0 Å². The maximum Gasteiger partial charge on any atom is 0.309 e. The fourth-order valence-electron chi connectivity index (χ4n) is 5.01. The van der Waals surface area contributed by atoms with Crippen molar-refractivity contribution in [1.29, 1.82) is 0 Å². The number of carbonyl (C=O) groups is 2. The Balaban J connectivity index is 2.33. The van der Waals surface area contributed by atoms with Gasteiger partial charge in [-0.25, -0.2) is 0 Å². The molecule has 2 saturated carbocycles. The van der Waals surface area contributed by atoms with Gasteiger partial charge in [0.2, 0.25) is 0 Å². The number of carboxylic acids is 2. The zero-order valence-electron chi connectivity index (χ0n) is 13.0. The maximum atomic E-state index is 11.8. The summed E-state index contributed by atoms with van der Waals surface area (Å²) in [6.07, 6.45) is 5.00. The average molecular weight is 294 g/mol. The normalized spacial score (nSPS) is 39.6. The number of allylic oxidation sites excluding steroid dienone is 1. The van der Waals surface area contributed by atoms with Crippen LogP contribution in [-0.2, 0) is 9.59 Å². The SMILES string of the molecule is C=C1CCC2[C@](C)(CCC[C@]2(C)C(=O)O)[C@H]1CCC(=O)O. The van der Waals surface area contributed by atoms with E-state index in [9.17, 15) is 14.7 Å². The van der Waals surface area contributed by atoms with Crippen molar-refractivity contribution in [3.05, 3.63) is 12.2 Å². The van der Waals surface area contributed by atoms with Crippen molar-refractivity contribution in [2.24, 2.45) is 22.7 Å². The molecule has 0 radical (unpaired) electrons. The molecule has 4 heteroatoms. The Kier molecular flexibility index (Phi) is 4.18. The molecule has 0 amide bonds. The third kappa shape index (κ3) is 2.60. The summed E-state index contributed by atoms with van der Waals surface area (Å²) in [7, 11) is 0. The smallest absolute Gasteiger partial charge is 0.309 e. The molecule has 0 aromatic rings. The molecule has 118 valence electrons. The van der Waals surface area contributed by atoms with Gasteiger partial charge >= 0.3 is 11.9 Å². The minimum Gasteiger partial charge on any atom is -0.481 e. The molecular formula is C17H26O4. The molecule has 0 aromatic carbocycles. The van der Waals surface area contributed by atoms with Gasteiger partial charge in [-0.05, 0) is 56.3 Å². The highest BCUT2D eigenvalue weighted by atomic mass is 16.4. The summed E-state index contributed by atoms with van der Waals surface area (Å²) in [6.45, 7) is 8.20. The summed E-state index contributed by atoms with van der Waals surface area (Å²) < 4.78 is 0. The molecule has 0 aliphatic heterocycles. The van der Waals surface area contributed by atoms with Gasteiger partial charge in [0.05, 0.1) is 5.41 Å². The van der Waals surface area contributed by atoms with Gasteiger partial charge in [0, 0.05) is 6.42 Å². The minimum absolute atomic E-state index is 0.112. The fourth-order valence-corrected chi connectivity index (χ4v) is 5.01. The van der Waals surface area contributed by atoms with Gasteiger partial charge < -0.3 is 10.2 Å². The number of hydrogen-bond donors (Lipinski definition) is 2. The predicted molar refractivity (Wildman–Crippen MR) is 79.9 cm³/mol. The van der Waals surface area contributed by atoms with Crippen molar-refractivity contribution in [2.75, 3.05) is 0 Å². The summed E-state index contributed by atoms with van der Waals surface area (Å²) in [5.41, 5.74) is 0.301. The van der Waals surface area contributed by atoms with E-state index >= 15 is 0 Å². The van der Waals surface area contributed by atoms with Crippen LogP contribution in [0.2, 0.25) is 0 Å². The van der Waals surface area contributed by atoms with Crippen molar-refractivity contribution in [1.82, 2.24) is 0 Å². The summed E-state index contributed by atoms with van der Waals surface area (Å²) in [5.74, 6) is -1.25. The Labute approximate surface area is 126 Å². The van der Waals surface area contributed by atoms with Crippen LogP contribution in [0.3, 0.4) is 0 Å². The molecule has 0 spiro atoms. The molecule has 1 unspecified atom stereocenters. The van der Waals surface area contributed by atoms with Gasteiger partial charge in [0.25, 0.3) is 0 Å². The molecule has 21 heavy (non-hydrogen) atoms. The molecular weight excluding hydrogens is 268 g/mol. The lowest BCUT2D eigenvalue weighted by atomic mass is 9.46. The Morgan fingerprint density at radius 2 is 1.95 bits per heavy atom. The van der Waals surface area contributed by atoms with Crippen LogP contribution in [-0.4, -0.2) is 22.2 Å². The average Bonchev–Trinajstić information content (AvgIpc) is 2.36. The van der Waals surface area contributed by atoms with Gasteiger partial charge in [-0.2, -0.15) is 0 Å². The van der Waals surface area contributed by atoms with E-state index in [1.54, 1.807) is 0 Å². The first-order chi connectivity index (χ1) is 9.71. The molecule has 2 aliphatic rings. The Hall–Kier alpha value is -1.32. The van der Waals surface area contributed by atoms with Crippen molar-refractivity contribution in [2.45, 2.75) is 58.8 Å². The lowest BCUT2D eigenvalue weighted by Gasteiger charge is -2.57. The van der Waals surface area contributed by atoms with E-state index in [2.05, 4.69) is 13.5 Å². The van der Waals surface area contributed by atoms with Crippen LogP contribution < -0.4 is 0 Å². The second-order valence-electron chi connectivity index (χ2n) is 7.32. The predicted octanol–water partition coefficient (Wildman–Crippen LogP) is 3.71. The van der Waals surface area contributed by atoms with E-state index < -0.39 is 17.4 Å². The van der Waals surface area contributed by atoms with Gasteiger partial charge in [0.1, 0.15) is 0 Å². The molecule has 2 fully saturated rings. The second kappa shape index (κ2) is 5.47. The Morgan fingerprint density at radius 1 is 1.29 bits per heavy atom. The maximum absolute atomic E-state index is 11.8. The summed E-state index contributed by atoms with van der Waals surface area (Å²) in [5, 5.41) is 18.7. The van der Waals surface area contributed by atoms with E-state index in [0.29, 0.717) is 6.42 Å². The monoisotopic (exact) mass is 294 g/mol. The molecule has 0 bridgehead atoms. The number of fused-ring (bicyclic) bond motifs is 1. The molecule has 0 saturated heterocycles. The van der Waals surface area contributed by atoms with Crippen LogP contribution in [0.1, 0.15) is 58.8 Å². The van der Waals surface area contributed by atoms with Crippen LogP contribution in [0.5, 0.6) is 0 Å². The molecule has 0 heterocycles. The Morgan fingerprint density at radius 3 is 2.52 bits per heavy atom. The van der Waals surface area contributed by atoms with E-state index in [0.717, 1.165) is 37.7 Å². The van der Waals surface area contributed by atoms with E-state index in [1.807, 2.05) is 6.92 Å². The summed E-state index contributed by atoms with van der Waals surface area (Å²) >= 11 is 0. The highest BCUT2D eigenvalue weighted by molar-refractivity contribution is 5.75. The lowest BCUT2D eigenvalue weighted by Crippen LogP contribution is -2.53. The number of rotatable bonds is 4. The van der Waals surface area contributed by atoms with Gasteiger partial charge in [-0.15, -0.1) is 0 Å². The van der Waals surface area contributed by atoms with Crippen LogP contribution in [0.25, 0.3) is 0 Å². The van der Waals surface area contributed by atoms with Crippen LogP contribution >= 0.6 is 0 Å². The number of aliphatic carboxylic acids is 2. The van der Waals surface area contributed by atoms with Gasteiger partial charge in [0.15, 0.2) is 0 Å². The molecule has 4 nitrogen and oxygen atoms in total. The van der Waals surface area contributed by atoms with E-state index in [1.165, 1.54) is 0 Å². The largest absolute Gasteiger partial charge is 0.481 e. The van der Waals surface area contributed by atoms with Gasteiger partial charge in [-0.3, -0.25) is 9.59 Å². The second-order valence-corrected chi connectivity index (χ2v) is 7.32. The third-order valence-corrected chi connectivity index (χ3v) is 6.16. The first-order valence-corrected chi connectivity index (χ1v) is 7.84. The third-order valence-electron chi connectivity index (χ3n) is 6.16. The fraction of sp³-hybridized carbons (Fsp3) is 0.765. The molecule has 4 atom stereocenters. The topological polar surface area (TPSA) is 74.6 Å². The molecule has 2 rings (SSSR count). The standard InChI is InChI=1S/C17H26O4/c1-11-5-7-13-16(2,12(11)6-8-14(18)19)9-4-10-17(13,3)15(20)21/h12-13H,1,4-10H2,2-3H3,(H,18,19)(H,20,21)/t12-,13?,16+,17-/m0/s1. The van der Waals surface area contributed by atoms with Crippen LogP contribution in [0, 0.1) is 22.7 Å². The van der Waals surface area contributed by atoms with E-state index in [4.69, 9.17) is 5.11 Å². The highest BCUT2D eigenvalue weighted by Gasteiger charge is 2.57. The quantitative estimate of drug-likeness (QED) is 0.775. The lowest BCUT2D eigenvalue weighted by molar-refractivity contribution is -0.164. The first-order valence-electron chi connectivity index (χ1n) is 7.84. The first kappa shape index (κ1) is 16.1. The highest BCUT2D eigenvalue weighted by Crippen LogP contribution is 2.61. The van der Waals surface area contributed by atoms with Crippen LogP contribution in [0.4, 0.5) is 0 Å². The summed E-state index contributed by atoms with van der Waals surface area (Å²) in [4.78, 5) is 22.7. The minimum atomic E-state index is -0.787. The van der Waals surface area contributed by atoms with Crippen molar-refractivity contribution >= 4 is 11.9 Å². The van der Waals surface area contributed by atoms with Gasteiger partial charge in [-0.1, -0.05) is 25.5 Å². The van der Waals surface area contributed by atoms with E-state index in [-0.39, 0.29) is 23.7 Å². The Bertz CT molecular complexity index is 469. The van der Waals surface area contributed by atoms with Crippen molar-refractivity contribution in [3.63, 3.8) is 0 Å². The molecule has 2 aliphatic carbocycles. The number of carboxylic acid groups (broad SMARTS) is 2. The zero-order chi connectivity index (χ0) is 15.8. The zero-order valence-corrected chi connectivity index (χ0v) is 13.0. The number of hydrogen-bond acceptors (Lipinski definition) is 2.